The number of hydrogen-bond acceptors (Lipinski definition) is 2. The maximum Gasteiger partial charge on any atom is 0.0187 e. The molecule has 2 nitrogen and oxygen atoms in total. The van der Waals surface area contributed by atoms with Crippen molar-refractivity contribution in [2.75, 3.05) is 13.6 Å². The molecule has 0 spiro atoms. The SMILES string of the molecule is CCCC(C)(NC)C(C)CN. The number of rotatable bonds is 5. The lowest BCUT2D eigenvalue weighted by atomic mass is 9.83. The second kappa shape index (κ2) is 4.73. The Morgan fingerprint density at radius 3 is 2.36 bits per heavy atom. The van der Waals surface area contributed by atoms with Crippen LogP contribution in [0.5, 0.6) is 0 Å². The molecule has 2 heteroatoms. The number of hydrogen-bond donors (Lipinski definition) is 2. The molecule has 0 saturated heterocycles. The average Bonchev–Trinajstić information content (AvgIpc) is 2.03. The second-order valence-electron chi connectivity index (χ2n) is 3.55. The zero-order chi connectivity index (χ0) is 8.91. The molecule has 0 bridgehead atoms. The van der Waals surface area contributed by atoms with Crippen LogP contribution in [0.3, 0.4) is 0 Å². The van der Waals surface area contributed by atoms with E-state index in [1.54, 1.807) is 0 Å². The molecule has 0 heterocycles. The van der Waals surface area contributed by atoms with Crippen molar-refractivity contribution in [1.82, 2.24) is 5.32 Å². The first kappa shape index (κ1) is 10.9. The summed E-state index contributed by atoms with van der Waals surface area (Å²) in [6.45, 7) is 7.41. The Hall–Kier alpha value is -0.0800. The molecule has 2 unspecified atom stereocenters. The van der Waals surface area contributed by atoms with Crippen molar-refractivity contribution in [2.45, 2.75) is 39.2 Å². The molecule has 0 aliphatic rings. The molecule has 0 rings (SSSR count). The van der Waals surface area contributed by atoms with E-state index in [1.165, 1.54) is 12.8 Å². The summed E-state index contributed by atoms with van der Waals surface area (Å²) in [7, 11) is 2.02. The van der Waals surface area contributed by atoms with E-state index < -0.39 is 0 Å². The summed E-state index contributed by atoms with van der Waals surface area (Å²) in [4.78, 5) is 0. The minimum absolute atomic E-state index is 0.226. The average molecular weight is 158 g/mol. The van der Waals surface area contributed by atoms with E-state index in [-0.39, 0.29) is 5.54 Å². The fraction of sp³-hybridized carbons (Fsp3) is 1.00. The van der Waals surface area contributed by atoms with E-state index in [1.807, 2.05) is 7.05 Å². The lowest BCUT2D eigenvalue weighted by molar-refractivity contribution is 0.247. The standard InChI is InChI=1S/C9H22N2/c1-5-6-9(3,11-4)8(2)7-10/h8,11H,5-7,10H2,1-4H3. The highest BCUT2D eigenvalue weighted by molar-refractivity contribution is 4.86. The summed E-state index contributed by atoms with van der Waals surface area (Å²) >= 11 is 0. The minimum Gasteiger partial charge on any atom is -0.330 e. The highest BCUT2D eigenvalue weighted by Crippen LogP contribution is 2.20. The number of nitrogens with one attached hydrogen (secondary N) is 1. The number of nitrogens with two attached hydrogens (primary N) is 1. The van der Waals surface area contributed by atoms with E-state index in [0.29, 0.717) is 5.92 Å². The molecule has 0 fully saturated rings. The van der Waals surface area contributed by atoms with Crippen LogP contribution in [0, 0.1) is 5.92 Å². The van der Waals surface area contributed by atoms with Crippen molar-refractivity contribution in [2.24, 2.45) is 11.7 Å². The van der Waals surface area contributed by atoms with Gasteiger partial charge in [0.2, 0.25) is 0 Å². The molecule has 0 radical (unpaired) electrons. The van der Waals surface area contributed by atoms with Gasteiger partial charge in [-0.05, 0) is 32.9 Å². The molecule has 0 saturated carbocycles. The summed E-state index contributed by atoms with van der Waals surface area (Å²) in [5.74, 6) is 0.549. The van der Waals surface area contributed by atoms with Crippen molar-refractivity contribution in [3.63, 3.8) is 0 Å². The molecular formula is C9H22N2. The van der Waals surface area contributed by atoms with E-state index in [0.717, 1.165) is 6.54 Å². The van der Waals surface area contributed by atoms with Crippen LogP contribution in [0.2, 0.25) is 0 Å². The van der Waals surface area contributed by atoms with Crippen LogP contribution in [0.25, 0.3) is 0 Å². The molecule has 11 heavy (non-hydrogen) atoms. The van der Waals surface area contributed by atoms with Gasteiger partial charge in [-0.3, -0.25) is 0 Å². The monoisotopic (exact) mass is 158 g/mol. The molecule has 0 aliphatic heterocycles. The Bertz CT molecular complexity index is 104. The van der Waals surface area contributed by atoms with Gasteiger partial charge in [0.1, 0.15) is 0 Å². The maximum atomic E-state index is 5.62. The molecule has 2 atom stereocenters. The van der Waals surface area contributed by atoms with Crippen LogP contribution in [0.1, 0.15) is 33.6 Å². The lowest BCUT2D eigenvalue weighted by Crippen LogP contribution is -2.48. The quantitative estimate of drug-likeness (QED) is 0.634. The molecule has 0 amide bonds. The lowest BCUT2D eigenvalue weighted by Gasteiger charge is -2.34. The highest BCUT2D eigenvalue weighted by atomic mass is 14.9. The molecule has 0 aromatic heterocycles. The van der Waals surface area contributed by atoms with Gasteiger partial charge in [0, 0.05) is 5.54 Å². The van der Waals surface area contributed by atoms with E-state index in [2.05, 4.69) is 26.1 Å². The Morgan fingerprint density at radius 2 is 2.09 bits per heavy atom. The van der Waals surface area contributed by atoms with Crippen LogP contribution in [0.4, 0.5) is 0 Å². The normalized spacial score (nSPS) is 19.4. The van der Waals surface area contributed by atoms with Crippen LogP contribution < -0.4 is 11.1 Å². The second-order valence-corrected chi connectivity index (χ2v) is 3.55. The van der Waals surface area contributed by atoms with Gasteiger partial charge >= 0.3 is 0 Å². The van der Waals surface area contributed by atoms with Gasteiger partial charge in [0.25, 0.3) is 0 Å². The fourth-order valence-corrected chi connectivity index (χ4v) is 1.40. The third-order valence-corrected chi connectivity index (χ3v) is 2.78. The zero-order valence-corrected chi connectivity index (χ0v) is 8.28. The summed E-state index contributed by atoms with van der Waals surface area (Å²) in [5, 5.41) is 3.35. The Morgan fingerprint density at radius 1 is 1.55 bits per heavy atom. The van der Waals surface area contributed by atoms with Crippen LogP contribution >= 0.6 is 0 Å². The van der Waals surface area contributed by atoms with Crippen LogP contribution in [-0.2, 0) is 0 Å². The smallest absolute Gasteiger partial charge is 0.0187 e. The predicted molar refractivity (Wildman–Crippen MR) is 50.6 cm³/mol. The molecule has 0 aromatic carbocycles. The summed E-state index contributed by atoms with van der Waals surface area (Å²) < 4.78 is 0. The first-order valence-electron chi connectivity index (χ1n) is 4.49. The third kappa shape index (κ3) is 2.80. The summed E-state index contributed by atoms with van der Waals surface area (Å²) in [6, 6.07) is 0. The van der Waals surface area contributed by atoms with Crippen LogP contribution in [-0.4, -0.2) is 19.1 Å². The van der Waals surface area contributed by atoms with Gasteiger partial charge in [-0.1, -0.05) is 20.3 Å². The van der Waals surface area contributed by atoms with Gasteiger partial charge in [0.05, 0.1) is 0 Å². The Balaban J connectivity index is 4.07. The molecule has 0 aromatic rings. The maximum absolute atomic E-state index is 5.62. The molecule has 3 N–H and O–H groups in total. The van der Waals surface area contributed by atoms with Gasteiger partial charge in [0.15, 0.2) is 0 Å². The summed E-state index contributed by atoms with van der Waals surface area (Å²) in [6.07, 6.45) is 2.41. The van der Waals surface area contributed by atoms with Gasteiger partial charge in [-0.25, -0.2) is 0 Å². The molecule has 0 aliphatic carbocycles. The van der Waals surface area contributed by atoms with E-state index in [9.17, 15) is 0 Å². The van der Waals surface area contributed by atoms with Crippen molar-refractivity contribution < 1.29 is 0 Å². The topological polar surface area (TPSA) is 38.0 Å². The Labute approximate surface area is 70.5 Å². The third-order valence-electron chi connectivity index (χ3n) is 2.78. The first-order chi connectivity index (χ1) is 5.10. The fourth-order valence-electron chi connectivity index (χ4n) is 1.40. The van der Waals surface area contributed by atoms with Crippen molar-refractivity contribution in [3.05, 3.63) is 0 Å². The van der Waals surface area contributed by atoms with E-state index >= 15 is 0 Å². The van der Waals surface area contributed by atoms with Crippen molar-refractivity contribution in [3.8, 4) is 0 Å². The van der Waals surface area contributed by atoms with Crippen molar-refractivity contribution >= 4 is 0 Å². The van der Waals surface area contributed by atoms with Crippen LogP contribution in [0.15, 0.2) is 0 Å². The van der Waals surface area contributed by atoms with Gasteiger partial charge in [-0.2, -0.15) is 0 Å². The largest absolute Gasteiger partial charge is 0.330 e. The first-order valence-corrected chi connectivity index (χ1v) is 4.49. The van der Waals surface area contributed by atoms with E-state index in [4.69, 9.17) is 5.73 Å². The zero-order valence-electron chi connectivity index (χ0n) is 8.28. The minimum atomic E-state index is 0.226. The molecule has 68 valence electrons. The highest BCUT2D eigenvalue weighted by Gasteiger charge is 2.26. The molecular weight excluding hydrogens is 136 g/mol. The van der Waals surface area contributed by atoms with Gasteiger partial charge in [-0.15, -0.1) is 0 Å². The Kier molecular flexibility index (Phi) is 4.69. The summed E-state index contributed by atoms with van der Waals surface area (Å²) in [5.41, 5.74) is 5.85. The predicted octanol–water partition coefficient (Wildman–Crippen LogP) is 1.36. The van der Waals surface area contributed by atoms with Crippen molar-refractivity contribution in [1.29, 1.82) is 0 Å². The van der Waals surface area contributed by atoms with Gasteiger partial charge < -0.3 is 11.1 Å².